The zero-order valence-electron chi connectivity index (χ0n) is 19.4. The number of nitrogens with zero attached hydrogens (tertiary/aromatic N) is 3. The third-order valence-electron chi connectivity index (χ3n) is 5.04. The minimum atomic E-state index is -4.97. The van der Waals surface area contributed by atoms with Crippen molar-refractivity contribution in [2.24, 2.45) is 13.0 Å². The molecule has 2 heterocycles. The first-order chi connectivity index (χ1) is 16.8. The van der Waals surface area contributed by atoms with Gasteiger partial charge in [-0.15, -0.1) is 11.6 Å². The summed E-state index contributed by atoms with van der Waals surface area (Å²) in [6.07, 6.45) is -2.61. The number of halogens is 5. The number of rotatable bonds is 8. The summed E-state index contributed by atoms with van der Waals surface area (Å²) in [6.45, 7) is 3.48. The maximum absolute atomic E-state index is 14.8. The van der Waals surface area contributed by atoms with Gasteiger partial charge in [0.1, 0.15) is 24.2 Å². The van der Waals surface area contributed by atoms with Crippen LogP contribution in [0.5, 0.6) is 11.6 Å². The Kier molecular flexibility index (Phi) is 8.07. The summed E-state index contributed by atoms with van der Waals surface area (Å²) in [6, 6.07) is 3.14. The summed E-state index contributed by atoms with van der Waals surface area (Å²) < 4.78 is 65.9. The van der Waals surface area contributed by atoms with Crippen LogP contribution in [-0.4, -0.2) is 38.0 Å². The van der Waals surface area contributed by atoms with Gasteiger partial charge < -0.3 is 9.47 Å². The fourth-order valence-corrected chi connectivity index (χ4v) is 3.67. The van der Waals surface area contributed by atoms with Crippen molar-refractivity contribution in [2.75, 3.05) is 6.61 Å². The molecule has 1 aliphatic rings. The van der Waals surface area contributed by atoms with Crippen LogP contribution in [-0.2, 0) is 18.0 Å². The van der Waals surface area contributed by atoms with Crippen LogP contribution in [0.4, 0.5) is 17.6 Å². The van der Waals surface area contributed by atoms with Gasteiger partial charge in [0, 0.05) is 25.7 Å². The number of hydrogen-bond acceptors (Lipinski definition) is 6. The van der Waals surface area contributed by atoms with Crippen molar-refractivity contribution in [2.45, 2.75) is 37.9 Å². The van der Waals surface area contributed by atoms with E-state index in [1.807, 2.05) is 13.8 Å². The molecule has 0 aliphatic heterocycles. The molecule has 2 atom stereocenters. The number of ether oxygens (including phenoxy) is 2. The second-order valence-corrected chi connectivity index (χ2v) is 8.87. The van der Waals surface area contributed by atoms with Gasteiger partial charge in [0.15, 0.2) is 11.5 Å². The van der Waals surface area contributed by atoms with E-state index >= 15 is 0 Å². The van der Waals surface area contributed by atoms with E-state index in [1.165, 1.54) is 18.3 Å². The second kappa shape index (κ2) is 10.7. The number of hydrogen-bond donors (Lipinski definition) is 0. The lowest BCUT2D eigenvalue weighted by atomic mass is 10.1. The molecule has 0 bridgehead atoms. The fourth-order valence-electron chi connectivity index (χ4n) is 3.43. The Balaban J connectivity index is 1.95. The number of carbonyl (C=O) groups excluding carboxylic acids is 1. The van der Waals surface area contributed by atoms with Crippen LogP contribution in [0.2, 0.25) is 0 Å². The fraction of sp³-hybridized carbons (Fsp3) is 0.391. The van der Waals surface area contributed by atoms with Crippen molar-refractivity contribution in [1.82, 2.24) is 14.1 Å². The number of allylic oxidation sites excluding steroid dienone is 2. The lowest BCUT2D eigenvalue weighted by Gasteiger charge is -2.25. The highest BCUT2D eigenvalue weighted by atomic mass is 35.5. The molecular formula is C23H22ClF4N3O5. The van der Waals surface area contributed by atoms with Crippen LogP contribution in [0.15, 0.2) is 52.0 Å². The van der Waals surface area contributed by atoms with Gasteiger partial charge in [0.25, 0.3) is 11.4 Å². The molecule has 0 N–H and O–H groups in total. The normalized spacial score (nSPS) is 18.0. The molecule has 2 aromatic heterocycles. The molecule has 8 nitrogen and oxygen atoms in total. The van der Waals surface area contributed by atoms with Gasteiger partial charge in [0.05, 0.1) is 11.1 Å². The summed E-state index contributed by atoms with van der Waals surface area (Å²) in [5, 5.41) is -1.13. The Morgan fingerprint density at radius 1 is 1.25 bits per heavy atom. The van der Waals surface area contributed by atoms with Crippen LogP contribution in [0.3, 0.4) is 0 Å². The molecule has 0 fully saturated rings. The van der Waals surface area contributed by atoms with Crippen LogP contribution in [0.1, 0.15) is 26.0 Å². The molecule has 0 spiro atoms. The van der Waals surface area contributed by atoms with E-state index in [-0.39, 0.29) is 45.1 Å². The first kappa shape index (κ1) is 27.2. The van der Waals surface area contributed by atoms with Gasteiger partial charge in [-0.05, 0) is 30.2 Å². The monoisotopic (exact) mass is 531 g/mol. The van der Waals surface area contributed by atoms with Crippen molar-refractivity contribution in [3.63, 3.8) is 0 Å². The van der Waals surface area contributed by atoms with Crippen LogP contribution in [0.25, 0.3) is 5.70 Å². The first-order valence-corrected chi connectivity index (χ1v) is 11.1. The van der Waals surface area contributed by atoms with Crippen molar-refractivity contribution >= 4 is 23.1 Å². The van der Waals surface area contributed by atoms with E-state index in [0.29, 0.717) is 6.42 Å². The number of carbonyl (C=O) groups is 1. The molecule has 0 saturated carbocycles. The average Bonchev–Trinajstić information content (AvgIpc) is 2.77. The van der Waals surface area contributed by atoms with Crippen molar-refractivity contribution in [1.29, 1.82) is 0 Å². The number of pyridine rings is 1. The molecule has 0 amide bonds. The third-order valence-corrected chi connectivity index (χ3v) is 5.42. The third kappa shape index (κ3) is 6.04. The van der Waals surface area contributed by atoms with Gasteiger partial charge in [-0.3, -0.25) is 14.2 Å². The second-order valence-electron chi connectivity index (χ2n) is 8.37. The van der Waals surface area contributed by atoms with Gasteiger partial charge in [-0.25, -0.2) is 18.7 Å². The SMILES string of the molecule is CC(C)CC(=O)COc1ncccc1OC1C=C(n2c(=O)cc(C(F)(F)F)n(C)c2=O)C(F)=CC1Cl. The molecule has 2 aromatic rings. The maximum Gasteiger partial charge on any atom is 0.431 e. The molecule has 0 radical (unpaired) electrons. The Bertz CT molecular complexity index is 1330. The molecule has 0 saturated heterocycles. The highest BCUT2D eigenvalue weighted by Crippen LogP contribution is 2.32. The van der Waals surface area contributed by atoms with Gasteiger partial charge in [-0.2, -0.15) is 13.2 Å². The Labute approximate surface area is 207 Å². The molecule has 13 heteroatoms. The topological polar surface area (TPSA) is 92.4 Å². The predicted molar refractivity (Wildman–Crippen MR) is 123 cm³/mol. The minimum Gasteiger partial charge on any atom is -0.479 e. The number of alkyl halides is 4. The van der Waals surface area contributed by atoms with E-state index in [9.17, 15) is 31.9 Å². The summed E-state index contributed by atoms with van der Waals surface area (Å²) >= 11 is 6.19. The first-order valence-electron chi connectivity index (χ1n) is 10.7. The summed E-state index contributed by atoms with van der Waals surface area (Å²) in [4.78, 5) is 41.0. The maximum atomic E-state index is 14.8. The number of ketones is 1. The zero-order valence-corrected chi connectivity index (χ0v) is 20.1. The summed E-state index contributed by atoms with van der Waals surface area (Å²) in [7, 11) is 0.810. The van der Waals surface area contributed by atoms with Crippen molar-refractivity contribution < 1.29 is 31.8 Å². The molecule has 3 rings (SSSR count). The van der Waals surface area contributed by atoms with Crippen molar-refractivity contribution in [3.05, 3.63) is 68.9 Å². The van der Waals surface area contributed by atoms with Crippen LogP contribution in [0, 0.1) is 5.92 Å². The lowest BCUT2D eigenvalue weighted by Crippen LogP contribution is -2.42. The van der Waals surface area contributed by atoms with Crippen molar-refractivity contribution in [3.8, 4) is 11.6 Å². The zero-order chi connectivity index (χ0) is 26.8. The van der Waals surface area contributed by atoms with Gasteiger partial charge >= 0.3 is 11.9 Å². The van der Waals surface area contributed by atoms with E-state index in [0.717, 1.165) is 19.2 Å². The molecule has 36 heavy (non-hydrogen) atoms. The lowest BCUT2D eigenvalue weighted by molar-refractivity contribution is -0.144. The van der Waals surface area contributed by atoms with Gasteiger partial charge in [-0.1, -0.05) is 13.8 Å². The number of Topliss-reactive ketones (excluding diaryl/α,β-unsaturated/α-hetero) is 1. The predicted octanol–water partition coefficient (Wildman–Crippen LogP) is 3.72. The summed E-state index contributed by atoms with van der Waals surface area (Å²) in [5.74, 6) is -1.16. The molecule has 0 aromatic carbocycles. The highest BCUT2D eigenvalue weighted by molar-refractivity contribution is 6.22. The largest absolute Gasteiger partial charge is 0.479 e. The van der Waals surface area contributed by atoms with E-state index in [1.54, 1.807) is 0 Å². The number of aromatic nitrogens is 3. The van der Waals surface area contributed by atoms with Crippen LogP contribution < -0.4 is 20.7 Å². The van der Waals surface area contributed by atoms with Gasteiger partial charge in [0.2, 0.25) is 0 Å². The van der Waals surface area contributed by atoms with E-state index in [2.05, 4.69) is 4.98 Å². The Morgan fingerprint density at radius 2 is 1.94 bits per heavy atom. The molecule has 2 unspecified atom stereocenters. The molecule has 194 valence electrons. The Morgan fingerprint density at radius 3 is 2.58 bits per heavy atom. The Hall–Kier alpha value is -3.41. The highest BCUT2D eigenvalue weighted by Gasteiger charge is 2.36. The quantitative estimate of drug-likeness (QED) is 0.381. The molecule has 1 aliphatic carbocycles. The standard InChI is InChI=1S/C23H22ClF4N3O5/c1-12(2)7-13(32)11-35-21-17(5-4-6-29-21)36-18-9-16(15(25)8-14(18)24)31-20(33)10-19(23(26,27)28)30(3)22(31)34/h4-6,8-10,12,14,18H,7,11H2,1-3H3. The smallest absolute Gasteiger partial charge is 0.431 e. The average molecular weight is 532 g/mol. The van der Waals surface area contributed by atoms with Crippen LogP contribution >= 0.6 is 11.6 Å². The van der Waals surface area contributed by atoms with E-state index in [4.69, 9.17) is 21.1 Å². The minimum absolute atomic E-state index is 0.0319. The summed E-state index contributed by atoms with van der Waals surface area (Å²) in [5.41, 5.74) is -4.91. The molecular weight excluding hydrogens is 510 g/mol. The van der Waals surface area contributed by atoms with E-state index < -0.39 is 46.1 Å².